The van der Waals surface area contributed by atoms with Crippen LogP contribution in [0.15, 0.2) is 30.3 Å². The van der Waals surface area contributed by atoms with Gasteiger partial charge in [0.2, 0.25) is 5.91 Å². The van der Waals surface area contributed by atoms with Gasteiger partial charge in [0.05, 0.1) is 12.8 Å². The predicted octanol–water partition coefficient (Wildman–Crippen LogP) is 3.10. The third-order valence-corrected chi connectivity index (χ3v) is 5.61. The molecular weight excluding hydrogens is 324 g/mol. The van der Waals surface area contributed by atoms with Gasteiger partial charge in [-0.25, -0.2) is 0 Å². The first kappa shape index (κ1) is 16.5. The molecule has 24 heavy (non-hydrogen) atoms. The Labute approximate surface area is 145 Å². The second-order valence-electron chi connectivity index (χ2n) is 6.03. The monoisotopic (exact) mass is 344 g/mol. The topological polar surface area (TPSA) is 49.9 Å². The fourth-order valence-corrected chi connectivity index (χ4v) is 4.13. The number of methoxy groups -OCH3 is 1. The summed E-state index contributed by atoms with van der Waals surface area (Å²) in [4.78, 5) is 29.8. The minimum atomic E-state index is -0.506. The van der Waals surface area contributed by atoms with E-state index in [1.165, 1.54) is 7.11 Å². The SMILES string of the molecule is COC(=O)C1CC(=O)N(C)c2cc(-c3ccc(N(C)C)cc3)sc21. The summed E-state index contributed by atoms with van der Waals surface area (Å²) in [6.45, 7) is 0. The largest absolute Gasteiger partial charge is 0.469 e. The molecule has 2 aromatic rings. The van der Waals surface area contributed by atoms with Crippen LogP contribution in [-0.4, -0.2) is 40.1 Å². The summed E-state index contributed by atoms with van der Waals surface area (Å²) in [5.74, 6) is -0.923. The first-order valence-electron chi connectivity index (χ1n) is 7.68. The molecule has 2 heterocycles. The molecule has 6 heteroatoms. The molecule has 0 bridgehead atoms. The van der Waals surface area contributed by atoms with Crippen molar-refractivity contribution in [1.82, 2.24) is 0 Å². The van der Waals surface area contributed by atoms with Crippen LogP contribution in [0.3, 0.4) is 0 Å². The molecule has 1 aliphatic heterocycles. The lowest BCUT2D eigenvalue weighted by Gasteiger charge is -2.27. The molecule has 1 atom stereocenters. The highest BCUT2D eigenvalue weighted by Gasteiger charge is 2.36. The molecule has 126 valence electrons. The van der Waals surface area contributed by atoms with Crippen molar-refractivity contribution >= 4 is 34.6 Å². The number of carbonyl (C=O) groups is 2. The summed E-state index contributed by atoms with van der Waals surface area (Å²) in [6.07, 6.45) is 0.162. The number of rotatable bonds is 3. The van der Waals surface area contributed by atoms with Gasteiger partial charge in [-0.3, -0.25) is 9.59 Å². The number of fused-ring (bicyclic) bond motifs is 1. The number of ether oxygens (including phenoxy) is 1. The number of amides is 1. The van der Waals surface area contributed by atoms with Crippen molar-refractivity contribution in [2.75, 3.05) is 38.1 Å². The summed E-state index contributed by atoms with van der Waals surface area (Å²) in [6, 6.07) is 10.2. The van der Waals surface area contributed by atoms with Crippen molar-refractivity contribution in [3.63, 3.8) is 0 Å². The van der Waals surface area contributed by atoms with Crippen molar-refractivity contribution in [2.24, 2.45) is 0 Å². The molecule has 1 unspecified atom stereocenters. The number of benzene rings is 1. The lowest BCUT2D eigenvalue weighted by Crippen LogP contribution is -2.34. The Morgan fingerprint density at radius 3 is 2.54 bits per heavy atom. The van der Waals surface area contributed by atoms with E-state index in [2.05, 4.69) is 24.3 Å². The third kappa shape index (κ3) is 2.78. The average molecular weight is 344 g/mol. The van der Waals surface area contributed by atoms with Gasteiger partial charge in [-0.05, 0) is 23.8 Å². The van der Waals surface area contributed by atoms with Crippen LogP contribution >= 0.6 is 11.3 Å². The summed E-state index contributed by atoms with van der Waals surface area (Å²) in [5.41, 5.74) is 3.00. The van der Waals surface area contributed by atoms with Crippen molar-refractivity contribution < 1.29 is 14.3 Å². The molecular formula is C18H20N2O3S. The minimum absolute atomic E-state index is 0.0646. The fourth-order valence-electron chi connectivity index (χ4n) is 2.84. The Bertz CT molecular complexity index is 780. The molecule has 1 amide bonds. The van der Waals surface area contributed by atoms with Gasteiger partial charge in [-0.1, -0.05) is 12.1 Å². The van der Waals surface area contributed by atoms with Crippen LogP contribution in [0.2, 0.25) is 0 Å². The van der Waals surface area contributed by atoms with E-state index in [0.717, 1.165) is 26.7 Å². The second-order valence-corrected chi connectivity index (χ2v) is 7.12. The second kappa shape index (κ2) is 6.28. The van der Waals surface area contributed by atoms with Crippen LogP contribution in [0.25, 0.3) is 10.4 Å². The van der Waals surface area contributed by atoms with Gasteiger partial charge in [0.25, 0.3) is 0 Å². The van der Waals surface area contributed by atoms with Crippen LogP contribution in [0, 0.1) is 0 Å². The van der Waals surface area contributed by atoms with E-state index in [0.29, 0.717) is 0 Å². The molecule has 0 saturated heterocycles. The average Bonchev–Trinajstić information content (AvgIpc) is 3.03. The fraction of sp³-hybridized carbons (Fsp3) is 0.333. The minimum Gasteiger partial charge on any atom is -0.469 e. The van der Waals surface area contributed by atoms with E-state index in [-0.39, 0.29) is 18.3 Å². The van der Waals surface area contributed by atoms with Gasteiger partial charge in [0, 0.05) is 43.0 Å². The number of nitrogens with zero attached hydrogens (tertiary/aromatic N) is 2. The predicted molar refractivity (Wildman–Crippen MR) is 96.9 cm³/mol. The van der Waals surface area contributed by atoms with Crippen molar-refractivity contribution in [3.05, 3.63) is 35.2 Å². The highest BCUT2D eigenvalue weighted by atomic mass is 32.1. The Morgan fingerprint density at radius 1 is 1.29 bits per heavy atom. The van der Waals surface area contributed by atoms with Crippen molar-refractivity contribution in [3.8, 4) is 10.4 Å². The van der Waals surface area contributed by atoms with Crippen molar-refractivity contribution in [2.45, 2.75) is 12.3 Å². The maximum absolute atomic E-state index is 12.2. The maximum Gasteiger partial charge on any atom is 0.314 e. The molecule has 1 aromatic carbocycles. The molecule has 0 radical (unpaired) electrons. The molecule has 5 nitrogen and oxygen atoms in total. The molecule has 3 rings (SSSR count). The van der Waals surface area contributed by atoms with Crippen LogP contribution < -0.4 is 9.80 Å². The van der Waals surface area contributed by atoms with E-state index < -0.39 is 5.92 Å². The lowest BCUT2D eigenvalue weighted by atomic mass is 9.97. The van der Waals surface area contributed by atoms with E-state index in [1.54, 1.807) is 23.3 Å². The van der Waals surface area contributed by atoms with Gasteiger partial charge < -0.3 is 14.5 Å². The number of carbonyl (C=O) groups excluding carboxylic acids is 2. The van der Waals surface area contributed by atoms with Gasteiger partial charge in [0.15, 0.2) is 0 Å². The van der Waals surface area contributed by atoms with Crippen LogP contribution in [0.5, 0.6) is 0 Å². The molecule has 0 saturated carbocycles. The molecule has 0 N–H and O–H groups in total. The number of thiophene rings is 1. The van der Waals surface area contributed by atoms with E-state index in [1.807, 2.05) is 25.1 Å². The number of anilines is 2. The summed E-state index contributed by atoms with van der Waals surface area (Å²) in [5, 5.41) is 0. The Balaban J connectivity index is 2.02. The maximum atomic E-state index is 12.2. The zero-order valence-corrected chi connectivity index (χ0v) is 15.0. The zero-order chi connectivity index (χ0) is 17.4. The van der Waals surface area contributed by atoms with Gasteiger partial charge >= 0.3 is 5.97 Å². The number of esters is 1. The normalized spacial score (nSPS) is 16.8. The van der Waals surface area contributed by atoms with Crippen LogP contribution in [-0.2, 0) is 14.3 Å². The van der Waals surface area contributed by atoms with Crippen LogP contribution in [0.1, 0.15) is 17.2 Å². The van der Waals surface area contributed by atoms with Gasteiger partial charge in [0.1, 0.15) is 5.92 Å². The van der Waals surface area contributed by atoms with Gasteiger partial charge in [-0.2, -0.15) is 0 Å². The molecule has 1 aromatic heterocycles. The third-order valence-electron chi connectivity index (χ3n) is 4.32. The number of hydrogen-bond donors (Lipinski definition) is 0. The molecule has 0 aliphatic carbocycles. The number of hydrogen-bond acceptors (Lipinski definition) is 5. The van der Waals surface area contributed by atoms with E-state index in [9.17, 15) is 9.59 Å². The summed E-state index contributed by atoms with van der Waals surface area (Å²) in [7, 11) is 7.11. The summed E-state index contributed by atoms with van der Waals surface area (Å²) < 4.78 is 4.88. The molecule has 1 aliphatic rings. The lowest BCUT2D eigenvalue weighted by molar-refractivity contribution is -0.144. The Morgan fingerprint density at radius 2 is 1.96 bits per heavy atom. The van der Waals surface area contributed by atoms with E-state index >= 15 is 0 Å². The summed E-state index contributed by atoms with van der Waals surface area (Å²) >= 11 is 1.55. The molecule has 0 fully saturated rings. The first-order valence-corrected chi connectivity index (χ1v) is 8.50. The Kier molecular flexibility index (Phi) is 4.32. The van der Waals surface area contributed by atoms with E-state index in [4.69, 9.17) is 4.74 Å². The highest BCUT2D eigenvalue weighted by molar-refractivity contribution is 7.16. The standard InChI is InChI=1S/C18H20N2O3S/c1-19(2)12-7-5-11(6-8-12)15-10-14-17(24-15)13(18(22)23-4)9-16(21)20(14)3/h5-8,10,13H,9H2,1-4H3. The van der Waals surface area contributed by atoms with Crippen molar-refractivity contribution in [1.29, 1.82) is 0 Å². The smallest absolute Gasteiger partial charge is 0.314 e. The quantitative estimate of drug-likeness (QED) is 0.803. The highest BCUT2D eigenvalue weighted by Crippen LogP contribution is 2.45. The van der Waals surface area contributed by atoms with Gasteiger partial charge in [-0.15, -0.1) is 11.3 Å². The Hall–Kier alpha value is -2.34. The molecule has 0 spiro atoms. The van der Waals surface area contributed by atoms with Crippen LogP contribution in [0.4, 0.5) is 11.4 Å². The zero-order valence-electron chi connectivity index (χ0n) is 14.2. The first-order chi connectivity index (χ1) is 11.4.